The second kappa shape index (κ2) is 7.58. The van der Waals surface area contributed by atoms with Crippen LogP contribution in [0.3, 0.4) is 0 Å². The number of rotatable bonds is 7. The maximum atomic E-state index is 11.6. The normalized spacial score (nSPS) is 10.5. The molecule has 0 saturated carbocycles. The highest BCUT2D eigenvalue weighted by Crippen LogP contribution is 2.28. The van der Waals surface area contributed by atoms with E-state index >= 15 is 0 Å². The van der Waals surface area contributed by atoms with Gasteiger partial charge in [0.05, 0.1) is 11.1 Å². The number of aromatic carboxylic acids is 2. The summed E-state index contributed by atoms with van der Waals surface area (Å²) in [4.78, 5) is 23.0. The molecule has 23 heavy (non-hydrogen) atoms. The minimum atomic E-state index is -1.07. The van der Waals surface area contributed by atoms with Crippen LogP contribution < -0.4 is 0 Å². The van der Waals surface area contributed by atoms with Gasteiger partial charge in [0.1, 0.15) is 0 Å². The Kier molecular flexibility index (Phi) is 5.52. The third-order valence-corrected chi connectivity index (χ3v) is 3.83. The molecule has 0 bridgehead atoms. The van der Waals surface area contributed by atoms with Crippen LogP contribution in [0.5, 0.6) is 0 Å². The van der Waals surface area contributed by atoms with Gasteiger partial charge in [-0.05, 0) is 41.7 Å². The third kappa shape index (κ3) is 3.97. The molecule has 0 amide bonds. The van der Waals surface area contributed by atoms with Crippen molar-refractivity contribution in [2.45, 2.75) is 32.6 Å². The molecule has 0 unspecified atom stereocenters. The molecule has 120 valence electrons. The number of unbranched alkanes of at least 4 members (excludes halogenated alkanes) is 2. The quantitative estimate of drug-likeness (QED) is 0.739. The molecule has 2 aromatic carbocycles. The molecule has 4 nitrogen and oxygen atoms in total. The molecule has 2 N–H and O–H groups in total. The zero-order valence-electron chi connectivity index (χ0n) is 13.1. The van der Waals surface area contributed by atoms with Crippen LogP contribution in [0.4, 0.5) is 0 Å². The molecule has 0 saturated heterocycles. The van der Waals surface area contributed by atoms with Gasteiger partial charge in [0.25, 0.3) is 0 Å². The van der Waals surface area contributed by atoms with Gasteiger partial charge in [0.15, 0.2) is 0 Å². The van der Waals surface area contributed by atoms with Gasteiger partial charge in [0, 0.05) is 0 Å². The fourth-order valence-electron chi connectivity index (χ4n) is 2.64. The first-order chi connectivity index (χ1) is 11.0. The minimum absolute atomic E-state index is 0.105. The Morgan fingerprint density at radius 2 is 1.52 bits per heavy atom. The fourth-order valence-corrected chi connectivity index (χ4v) is 2.64. The molecule has 0 heterocycles. The summed E-state index contributed by atoms with van der Waals surface area (Å²) in [7, 11) is 0. The number of carbonyl (C=O) groups is 2. The topological polar surface area (TPSA) is 74.6 Å². The first-order valence-electron chi connectivity index (χ1n) is 7.73. The van der Waals surface area contributed by atoms with Crippen LogP contribution in [0.1, 0.15) is 52.5 Å². The molecule has 0 radical (unpaired) electrons. The zero-order valence-corrected chi connectivity index (χ0v) is 13.1. The van der Waals surface area contributed by atoms with Crippen molar-refractivity contribution < 1.29 is 19.8 Å². The SMILES string of the molecule is CCCCCc1ccc(-c2ccccc2C(=O)O)c(C(=O)O)c1. The highest BCUT2D eigenvalue weighted by atomic mass is 16.4. The Hall–Kier alpha value is -2.62. The number of carboxylic acids is 2. The number of benzene rings is 2. The Labute approximate surface area is 135 Å². The molecular formula is C19H20O4. The molecule has 4 heteroatoms. The highest BCUT2D eigenvalue weighted by molar-refractivity contribution is 6.02. The standard InChI is InChI=1S/C19H20O4/c1-2-3-4-7-13-10-11-15(17(12-13)19(22)23)14-8-5-6-9-16(14)18(20)21/h5-6,8-12H,2-4,7H2,1H3,(H,20,21)(H,22,23). The molecule has 0 spiro atoms. The van der Waals surface area contributed by atoms with Crippen LogP contribution in [0, 0.1) is 0 Å². The van der Waals surface area contributed by atoms with Gasteiger partial charge in [-0.3, -0.25) is 0 Å². The van der Waals surface area contributed by atoms with Crippen molar-refractivity contribution in [1.29, 1.82) is 0 Å². The molecule has 0 aliphatic rings. The van der Waals surface area contributed by atoms with Gasteiger partial charge in [0.2, 0.25) is 0 Å². The largest absolute Gasteiger partial charge is 0.478 e. The predicted octanol–water partition coefficient (Wildman–Crippen LogP) is 4.48. The van der Waals surface area contributed by atoms with Crippen molar-refractivity contribution in [3.63, 3.8) is 0 Å². The monoisotopic (exact) mass is 312 g/mol. The zero-order chi connectivity index (χ0) is 16.8. The number of aryl methyl sites for hydroxylation is 1. The van der Waals surface area contributed by atoms with Crippen LogP contribution in [0.25, 0.3) is 11.1 Å². The predicted molar refractivity (Wildman–Crippen MR) is 89.0 cm³/mol. The summed E-state index contributed by atoms with van der Waals surface area (Å²) in [5.74, 6) is -2.11. The van der Waals surface area contributed by atoms with Crippen molar-refractivity contribution >= 4 is 11.9 Å². The second-order valence-corrected chi connectivity index (χ2v) is 5.49. The first kappa shape index (κ1) is 16.7. The average molecular weight is 312 g/mol. The molecule has 2 aromatic rings. The molecule has 0 aromatic heterocycles. The molecule has 0 atom stereocenters. The lowest BCUT2D eigenvalue weighted by atomic mass is 9.93. The summed E-state index contributed by atoms with van der Waals surface area (Å²) < 4.78 is 0. The number of hydrogen-bond acceptors (Lipinski definition) is 2. The van der Waals surface area contributed by atoms with E-state index in [1.165, 1.54) is 6.07 Å². The second-order valence-electron chi connectivity index (χ2n) is 5.49. The molecule has 0 aliphatic heterocycles. The van der Waals surface area contributed by atoms with Crippen LogP contribution in [0.2, 0.25) is 0 Å². The van der Waals surface area contributed by atoms with Crippen molar-refractivity contribution in [1.82, 2.24) is 0 Å². The van der Waals surface area contributed by atoms with Crippen molar-refractivity contribution in [3.8, 4) is 11.1 Å². The van der Waals surface area contributed by atoms with Crippen molar-refractivity contribution in [2.75, 3.05) is 0 Å². The van der Waals surface area contributed by atoms with Gasteiger partial charge in [-0.1, -0.05) is 50.1 Å². The van der Waals surface area contributed by atoms with E-state index in [0.29, 0.717) is 11.1 Å². The summed E-state index contributed by atoms with van der Waals surface area (Å²) in [6.07, 6.45) is 4.05. The highest BCUT2D eigenvalue weighted by Gasteiger charge is 2.17. The van der Waals surface area contributed by atoms with Crippen LogP contribution in [0.15, 0.2) is 42.5 Å². The van der Waals surface area contributed by atoms with Gasteiger partial charge in [-0.25, -0.2) is 9.59 Å². The molecule has 2 rings (SSSR count). The molecule has 0 fully saturated rings. The summed E-state index contributed by atoms with van der Waals surface area (Å²) in [6.45, 7) is 2.12. The van der Waals surface area contributed by atoms with E-state index in [4.69, 9.17) is 0 Å². The lowest BCUT2D eigenvalue weighted by Crippen LogP contribution is -2.05. The maximum Gasteiger partial charge on any atom is 0.336 e. The van der Waals surface area contributed by atoms with E-state index in [2.05, 4.69) is 6.92 Å². The Morgan fingerprint density at radius 1 is 0.870 bits per heavy atom. The third-order valence-electron chi connectivity index (χ3n) is 3.83. The summed E-state index contributed by atoms with van der Waals surface area (Å²) in [5.41, 5.74) is 2.08. The van der Waals surface area contributed by atoms with E-state index in [9.17, 15) is 19.8 Å². The maximum absolute atomic E-state index is 11.6. The summed E-state index contributed by atoms with van der Waals surface area (Å²) >= 11 is 0. The van der Waals surface area contributed by atoms with E-state index in [-0.39, 0.29) is 11.1 Å². The first-order valence-corrected chi connectivity index (χ1v) is 7.73. The van der Waals surface area contributed by atoms with Crippen molar-refractivity contribution in [2.24, 2.45) is 0 Å². The van der Waals surface area contributed by atoms with Gasteiger partial charge in [-0.2, -0.15) is 0 Å². The summed E-state index contributed by atoms with van der Waals surface area (Å²) in [6, 6.07) is 11.7. The number of hydrogen-bond donors (Lipinski definition) is 2. The fraction of sp³-hybridized carbons (Fsp3) is 0.263. The smallest absolute Gasteiger partial charge is 0.336 e. The minimum Gasteiger partial charge on any atom is -0.478 e. The van der Waals surface area contributed by atoms with Crippen LogP contribution >= 0.6 is 0 Å². The Morgan fingerprint density at radius 3 is 2.17 bits per heavy atom. The van der Waals surface area contributed by atoms with E-state index in [0.717, 1.165) is 31.2 Å². The van der Waals surface area contributed by atoms with Crippen LogP contribution in [-0.4, -0.2) is 22.2 Å². The Balaban J connectivity index is 2.47. The number of carboxylic acid groups (broad SMARTS) is 2. The van der Waals surface area contributed by atoms with E-state index in [1.54, 1.807) is 30.3 Å². The van der Waals surface area contributed by atoms with Crippen LogP contribution in [-0.2, 0) is 6.42 Å². The molecular weight excluding hydrogens is 292 g/mol. The van der Waals surface area contributed by atoms with E-state index in [1.807, 2.05) is 6.07 Å². The summed E-state index contributed by atoms with van der Waals surface area (Å²) in [5, 5.41) is 18.8. The van der Waals surface area contributed by atoms with Gasteiger partial charge < -0.3 is 10.2 Å². The van der Waals surface area contributed by atoms with Gasteiger partial charge >= 0.3 is 11.9 Å². The lowest BCUT2D eigenvalue weighted by molar-refractivity contribution is 0.0684. The molecule has 0 aliphatic carbocycles. The van der Waals surface area contributed by atoms with Crippen molar-refractivity contribution in [3.05, 3.63) is 59.2 Å². The average Bonchev–Trinajstić information content (AvgIpc) is 2.55. The van der Waals surface area contributed by atoms with Gasteiger partial charge in [-0.15, -0.1) is 0 Å². The van der Waals surface area contributed by atoms with E-state index < -0.39 is 11.9 Å². The Bertz CT molecular complexity index is 719. The lowest BCUT2D eigenvalue weighted by Gasteiger charge is -2.11.